The van der Waals surface area contributed by atoms with E-state index in [0.29, 0.717) is 24.9 Å². The number of ether oxygens (including phenoxy) is 1. The summed E-state index contributed by atoms with van der Waals surface area (Å²) in [6.45, 7) is 4.14. The van der Waals surface area contributed by atoms with Crippen molar-refractivity contribution in [3.63, 3.8) is 0 Å². The standard InChI is InChI=1S/C24H30FN3O2.2ClH/c1-30-16-23(29)28-14-20-13-27(12-18-7-5-17(6-8-18)9-10-26)15-22(20)24(28)19-3-2-4-21(25)11-19;;/h2-8,11,20,22,24H,9-10,12-16,26H2,1H3;2*1H/t20-,22-,24+;;/m1../s1. The van der Waals surface area contributed by atoms with Gasteiger partial charge in [0.2, 0.25) is 5.91 Å². The Morgan fingerprint density at radius 1 is 1.09 bits per heavy atom. The number of carbonyl (C=O) groups is 1. The summed E-state index contributed by atoms with van der Waals surface area (Å²) in [4.78, 5) is 17.0. The van der Waals surface area contributed by atoms with Crippen molar-refractivity contribution >= 4 is 30.7 Å². The van der Waals surface area contributed by atoms with Gasteiger partial charge in [-0.05, 0) is 47.7 Å². The summed E-state index contributed by atoms with van der Waals surface area (Å²) in [6.07, 6.45) is 0.898. The monoisotopic (exact) mass is 483 g/mol. The highest BCUT2D eigenvalue weighted by molar-refractivity contribution is 5.85. The van der Waals surface area contributed by atoms with Crippen molar-refractivity contribution in [2.45, 2.75) is 19.0 Å². The molecule has 2 aromatic carbocycles. The normalized spacial score (nSPS) is 22.2. The lowest BCUT2D eigenvalue weighted by molar-refractivity contribution is -0.136. The van der Waals surface area contributed by atoms with Crippen LogP contribution < -0.4 is 5.73 Å². The maximum Gasteiger partial charge on any atom is 0.249 e. The number of halogens is 3. The van der Waals surface area contributed by atoms with E-state index in [1.54, 1.807) is 12.1 Å². The molecular formula is C24H32Cl2FN3O2. The predicted molar refractivity (Wildman–Crippen MR) is 129 cm³/mol. The van der Waals surface area contributed by atoms with Crippen LogP contribution in [0.2, 0.25) is 0 Å². The fourth-order valence-corrected chi connectivity index (χ4v) is 5.08. The van der Waals surface area contributed by atoms with E-state index in [1.165, 1.54) is 24.3 Å². The average molecular weight is 484 g/mol. The molecule has 0 unspecified atom stereocenters. The maximum atomic E-state index is 13.9. The molecule has 2 aliphatic rings. The number of rotatable bonds is 7. The van der Waals surface area contributed by atoms with E-state index in [1.807, 2.05) is 11.0 Å². The Bertz CT molecular complexity index is 884. The number of amides is 1. The molecule has 0 aromatic heterocycles. The van der Waals surface area contributed by atoms with Crippen LogP contribution in [0.3, 0.4) is 0 Å². The molecule has 5 nitrogen and oxygen atoms in total. The molecule has 2 aromatic rings. The number of likely N-dealkylation sites (tertiary alicyclic amines) is 2. The lowest BCUT2D eigenvalue weighted by Crippen LogP contribution is -2.37. The van der Waals surface area contributed by atoms with Gasteiger partial charge in [0, 0.05) is 39.2 Å². The Morgan fingerprint density at radius 2 is 1.81 bits per heavy atom. The third-order valence-electron chi connectivity index (χ3n) is 6.38. The minimum Gasteiger partial charge on any atom is -0.375 e. The second-order valence-electron chi connectivity index (χ2n) is 8.45. The molecule has 2 N–H and O–H groups in total. The number of benzene rings is 2. The quantitative estimate of drug-likeness (QED) is 0.654. The van der Waals surface area contributed by atoms with Gasteiger partial charge in [-0.2, -0.15) is 0 Å². The molecule has 0 radical (unpaired) electrons. The van der Waals surface area contributed by atoms with Crippen molar-refractivity contribution < 1.29 is 13.9 Å². The predicted octanol–water partition coefficient (Wildman–Crippen LogP) is 3.45. The van der Waals surface area contributed by atoms with Gasteiger partial charge in [-0.3, -0.25) is 9.69 Å². The first kappa shape index (κ1) is 26.6. The third-order valence-corrected chi connectivity index (χ3v) is 6.38. The molecule has 0 saturated carbocycles. The molecule has 32 heavy (non-hydrogen) atoms. The van der Waals surface area contributed by atoms with Gasteiger partial charge in [-0.25, -0.2) is 4.39 Å². The summed E-state index contributed by atoms with van der Waals surface area (Å²) < 4.78 is 19.0. The van der Waals surface area contributed by atoms with Crippen LogP contribution in [0, 0.1) is 17.7 Å². The number of hydrogen-bond acceptors (Lipinski definition) is 4. The Hall–Kier alpha value is -1.70. The number of nitrogens with zero attached hydrogens (tertiary/aromatic N) is 2. The van der Waals surface area contributed by atoms with Crippen LogP contribution in [0.15, 0.2) is 48.5 Å². The Labute approximate surface area is 201 Å². The van der Waals surface area contributed by atoms with Crippen molar-refractivity contribution in [3.05, 3.63) is 71.0 Å². The van der Waals surface area contributed by atoms with E-state index in [0.717, 1.165) is 31.6 Å². The highest BCUT2D eigenvalue weighted by Gasteiger charge is 2.48. The summed E-state index contributed by atoms with van der Waals surface area (Å²) in [6, 6.07) is 15.2. The van der Waals surface area contributed by atoms with Gasteiger partial charge in [0.1, 0.15) is 12.4 Å². The lowest BCUT2D eigenvalue weighted by Gasteiger charge is -2.30. The van der Waals surface area contributed by atoms with E-state index in [9.17, 15) is 9.18 Å². The molecule has 4 rings (SSSR count). The number of carbonyl (C=O) groups excluding carboxylic acids is 1. The molecule has 0 aliphatic carbocycles. The van der Waals surface area contributed by atoms with Crippen LogP contribution in [0.4, 0.5) is 4.39 Å². The fourth-order valence-electron chi connectivity index (χ4n) is 5.08. The number of methoxy groups -OCH3 is 1. The van der Waals surface area contributed by atoms with Gasteiger partial charge in [-0.15, -0.1) is 24.8 Å². The average Bonchev–Trinajstić information content (AvgIpc) is 3.27. The molecular weight excluding hydrogens is 452 g/mol. The minimum atomic E-state index is -0.262. The van der Waals surface area contributed by atoms with Crippen LogP contribution in [0.25, 0.3) is 0 Å². The Balaban J connectivity index is 0.00000181. The Kier molecular flexibility index (Phi) is 9.92. The van der Waals surface area contributed by atoms with Crippen molar-refractivity contribution in [1.29, 1.82) is 0 Å². The second kappa shape index (κ2) is 12.0. The van der Waals surface area contributed by atoms with E-state index in [4.69, 9.17) is 10.5 Å². The van der Waals surface area contributed by atoms with Crippen LogP contribution in [-0.2, 0) is 22.5 Å². The van der Waals surface area contributed by atoms with E-state index in [2.05, 4.69) is 29.2 Å². The molecule has 3 atom stereocenters. The summed E-state index contributed by atoms with van der Waals surface area (Å²) in [7, 11) is 1.53. The van der Waals surface area contributed by atoms with Gasteiger partial charge in [0.15, 0.2) is 0 Å². The van der Waals surface area contributed by atoms with Crippen LogP contribution in [-0.4, -0.2) is 55.6 Å². The molecule has 8 heteroatoms. The van der Waals surface area contributed by atoms with E-state index in [-0.39, 0.29) is 49.2 Å². The van der Waals surface area contributed by atoms with Gasteiger partial charge in [-0.1, -0.05) is 36.4 Å². The highest BCUT2D eigenvalue weighted by Crippen LogP contribution is 2.45. The second-order valence-corrected chi connectivity index (χ2v) is 8.45. The fraction of sp³-hybridized carbons (Fsp3) is 0.458. The molecule has 0 bridgehead atoms. The molecule has 0 spiro atoms. The van der Waals surface area contributed by atoms with Crippen LogP contribution in [0.1, 0.15) is 22.7 Å². The SMILES string of the molecule is COCC(=O)N1C[C@H]2CN(Cc3ccc(CCN)cc3)C[C@H]2[C@@H]1c1cccc(F)c1.Cl.Cl. The maximum absolute atomic E-state index is 13.9. The Morgan fingerprint density at radius 3 is 2.47 bits per heavy atom. The first-order valence-corrected chi connectivity index (χ1v) is 10.6. The summed E-state index contributed by atoms with van der Waals surface area (Å²) in [5.41, 5.74) is 9.06. The number of fused-ring (bicyclic) bond motifs is 1. The highest BCUT2D eigenvalue weighted by atomic mass is 35.5. The first-order valence-electron chi connectivity index (χ1n) is 10.6. The molecule has 2 saturated heterocycles. The van der Waals surface area contributed by atoms with E-state index < -0.39 is 0 Å². The molecule has 2 heterocycles. The number of nitrogens with two attached hydrogens (primary N) is 1. The largest absolute Gasteiger partial charge is 0.375 e. The topological polar surface area (TPSA) is 58.8 Å². The molecule has 1 amide bonds. The van der Waals surface area contributed by atoms with Gasteiger partial charge in [0.25, 0.3) is 0 Å². The summed E-state index contributed by atoms with van der Waals surface area (Å²) in [5, 5.41) is 0. The molecule has 2 fully saturated rings. The zero-order valence-corrected chi connectivity index (χ0v) is 19.9. The third kappa shape index (κ3) is 5.80. The zero-order chi connectivity index (χ0) is 21.1. The van der Waals surface area contributed by atoms with Gasteiger partial charge in [0.05, 0.1) is 6.04 Å². The zero-order valence-electron chi connectivity index (χ0n) is 18.3. The number of hydrogen-bond donors (Lipinski definition) is 1. The van der Waals surface area contributed by atoms with Gasteiger partial charge >= 0.3 is 0 Å². The van der Waals surface area contributed by atoms with E-state index >= 15 is 0 Å². The van der Waals surface area contributed by atoms with Crippen molar-refractivity contribution in [2.75, 3.05) is 39.9 Å². The van der Waals surface area contributed by atoms with Crippen molar-refractivity contribution in [1.82, 2.24) is 9.80 Å². The lowest BCUT2D eigenvalue weighted by atomic mass is 9.89. The summed E-state index contributed by atoms with van der Waals surface area (Å²) in [5.74, 6) is 0.394. The summed E-state index contributed by atoms with van der Waals surface area (Å²) >= 11 is 0. The van der Waals surface area contributed by atoms with Gasteiger partial charge < -0.3 is 15.4 Å². The first-order chi connectivity index (χ1) is 14.6. The minimum absolute atomic E-state index is 0. The van der Waals surface area contributed by atoms with Crippen LogP contribution >= 0.6 is 24.8 Å². The van der Waals surface area contributed by atoms with Crippen LogP contribution in [0.5, 0.6) is 0 Å². The smallest absolute Gasteiger partial charge is 0.249 e. The van der Waals surface area contributed by atoms with Crippen molar-refractivity contribution in [2.24, 2.45) is 17.6 Å². The molecule has 2 aliphatic heterocycles. The molecule has 176 valence electrons. The van der Waals surface area contributed by atoms with Crippen molar-refractivity contribution in [3.8, 4) is 0 Å².